The van der Waals surface area contributed by atoms with E-state index < -0.39 is 28.0 Å². The van der Waals surface area contributed by atoms with Crippen LogP contribution in [0.2, 0.25) is 0 Å². The molecule has 0 aliphatic carbocycles. The fourth-order valence-corrected chi connectivity index (χ4v) is 5.49. The van der Waals surface area contributed by atoms with E-state index in [1.54, 1.807) is 6.08 Å². The van der Waals surface area contributed by atoms with Gasteiger partial charge >= 0.3 is 0 Å². The molecule has 0 fully saturated rings. The zero-order chi connectivity index (χ0) is 30.4. The molecule has 0 saturated carbocycles. The number of rotatable bonds is 29. The van der Waals surface area contributed by atoms with Crippen molar-refractivity contribution in [1.82, 2.24) is 5.32 Å². The molecule has 3 N–H and O–H groups in total. The number of amides is 1. The molecule has 0 spiro atoms. The highest BCUT2D eigenvalue weighted by Crippen LogP contribution is 2.12. The summed E-state index contributed by atoms with van der Waals surface area (Å²) in [5, 5.41) is 13.1. The van der Waals surface area contributed by atoms with Crippen molar-refractivity contribution in [3.8, 4) is 0 Å². The van der Waals surface area contributed by atoms with E-state index in [-0.39, 0.29) is 12.3 Å². The van der Waals surface area contributed by atoms with E-state index in [2.05, 4.69) is 43.5 Å². The first kappa shape index (κ1) is 39.6. The van der Waals surface area contributed by atoms with E-state index in [9.17, 15) is 22.9 Å². The molecule has 0 aliphatic heterocycles. The minimum Gasteiger partial charge on any atom is -0.387 e. The molecule has 0 radical (unpaired) electrons. The van der Waals surface area contributed by atoms with Crippen LogP contribution in [0.5, 0.6) is 0 Å². The quantitative estimate of drug-likeness (QED) is 0.0453. The molecule has 41 heavy (non-hydrogen) atoms. The number of hydrogen-bond donors (Lipinski definition) is 3. The molecule has 0 heterocycles. The van der Waals surface area contributed by atoms with Crippen molar-refractivity contribution in [3.05, 3.63) is 36.5 Å². The van der Waals surface area contributed by atoms with Crippen LogP contribution in [-0.2, 0) is 14.9 Å². The number of carbonyl (C=O) groups is 1. The van der Waals surface area contributed by atoms with E-state index >= 15 is 0 Å². The van der Waals surface area contributed by atoms with Gasteiger partial charge in [0.15, 0.2) is 0 Å². The Balaban J connectivity index is 4.01. The van der Waals surface area contributed by atoms with Gasteiger partial charge in [-0.1, -0.05) is 127 Å². The van der Waals surface area contributed by atoms with Crippen LogP contribution < -0.4 is 5.32 Å². The Morgan fingerprint density at radius 1 is 0.634 bits per heavy atom. The number of nitrogens with one attached hydrogen (secondary N) is 1. The minimum atomic E-state index is -4.34. The lowest BCUT2D eigenvalue weighted by Crippen LogP contribution is -2.46. The SMILES string of the molecule is CCCCC/C=C/CC/C=C/C(O)C(CS(=O)(=O)O)NC(=O)CCCCCCCCC/C=C\CCCCCCCC. The Morgan fingerprint density at radius 2 is 1.05 bits per heavy atom. The zero-order valence-electron chi connectivity index (χ0n) is 26.4. The number of hydrogen-bond acceptors (Lipinski definition) is 4. The molecule has 0 aromatic heterocycles. The van der Waals surface area contributed by atoms with Crippen LogP contribution in [0.15, 0.2) is 36.5 Å². The third kappa shape index (κ3) is 29.8. The first-order valence-corrected chi connectivity index (χ1v) is 18.3. The summed E-state index contributed by atoms with van der Waals surface area (Å²) in [6.45, 7) is 4.43. The van der Waals surface area contributed by atoms with Gasteiger partial charge in [0.2, 0.25) is 5.91 Å². The van der Waals surface area contributed by atoms with Crippen LogP contribution in [-0.4, -0.2) is 41.9 Å². The van der Waals surface area contributed by atoms with E-state index in [1.807, 2.05) is 0 Å². The van der Waals surface area contributed by atoms with Crippen LogP contribution in [0.3, 0.4) is 0 Å². The van der Waals surface area contributed by atoms with Crippen molar-refractivity contribution in [1.29, 1.82) is 0 Å². The molecular formula is C34H63NO5S. The Morgan fingerprint density at radius 3 is 1.59 bits per heavy atom. The molecule has 2 atom stereocenters. The minimum absolute atomic E-state index is 0.282. The van der Waals surface area contributed by atoms with Crippen LogP contribution in [0.25, 0.3) is 0 Å². The van der Waals surface area contributed by atoms with Gasteiger partial charge in [-0.05, 0) is 57.8 Å². The molecule has 0 rings (SSSR count). The highest BCUT2D eigenvalue weighted by Gasteiger charge is 2.24. The smallest absolute Gasteiger partial charge is 0.267 e. The number of unbranched alkanes of at least 4 members (excludes halogenated alkanes) is 17. The summed E-state index contributed by atoms with van der Waals surface area (Å²) >= 11 is 0. The highest BCUT2D eigenvalue weighted by molar-refractivity contribution is 7.85. The molecule has 6 nitrogen and oxygen atoms in total. The molecule has 0 aromatic rings. The molecule has 240 valence electrons. The van der Waals surface area contributed by atoms with E-state index in [0.29, 0.717) is 6.42 Å². The number of aliphatic hydroxyl groups is 1. The second-order valence-electron chi connectivity index (χ2n) is 11.4. The van der Waals surface area contributed by atoms with Gasteiger partial charge < -0.3 is 10.4 Å². The van der Waals surface area contributed by atoms with Gasteiger partial charge in [-0.2, -0.15) is 8.42 Å². The van der Waals surface area contributed by atoms with Crippen molar-refractivity contribution in [2.24, 2.45) is 0 Å². The lowest BCUT2D eigenvalue weighted by atomic mass is 10.1. The summed E-state index contributed by atoms with van der Waals surface area (Å²) in [6, 6.07) is -1.07. The van der Waals surface area contributed by atoms with Gasteiger partial charge in [-0.3, -0.25) is 9.35 Å². The maximum Gasteiger partial charge on any atom is 0.267 e. The predicted octanol–water partition coefficient (Wildman–Crippen LogP) is 9.01. The average Bonchev–Trinajstić information content (AvgIpc) is 2.92. The molecule has 2 unspecified atom stereocenters. The summed E-state index contributed by atoms with van der Waals surface area (Å²) in [6.07, 6.45) is 35.6. The summed E-state index contributed by atoms with van der Waals surface area (Å²) in [4.78, 5) is 12.4. The Kier molecular flexibility index (Phi) is 27.7. The molecule has 0 aromatic carbocycles. The van der Waals surface area contributed by atoms with Crippen LogP contribution in [0.1, 0.15) is 155 Å². The van der Waals surface area contributed by atoms with E-state index in [4.69, 9.17) is 0 Å². The molecule has 7 heteroatoms. The Bertz CT molecular complexity index is 791. The maximum absolute atomic E-state index is 12.4. The van der Waals surface area contributed by atoms with Gasteiger partial charge in [0.25, 0.3) is 10.1 Å². The molecule has 0 bridgehead atoms. The largest absolute Gasteiger partial charge is 0.387 e. The lowest BCUT2D eigenvalue weighted by molar-refractivity contribution is -0.122. The Hall–Kier alpha value is -1.44. The van der Waals surface area contributed by atoms with Crippen LogP contribution in [0, 0.1) is 0 Å². The lowest BCUT2D eigenvalue weighted by Gasteiger charge is -2.21. The molecular weight excluding hydrogens is 534 g/mol. The molecule has 0 saturated heterocycles. The fourth-order valence-electron chi connectivity index (χ4n) is 4.75. The van der Waals surface area contributed by atoms with Gasteiger partial charge in [-0.15, -0.1) is 0 Å². The number of aliphatic hydroxyl groups excluding tert-OH is 1. The first-order valence-electron chi connectivity index (χ1n) is 16.7. The average molecular weight is 598 g/mol. The highest BCUT2D eigenvalue weighted by atomic mass is 32.2. The van der Waals surface area contributed by atoms with Gasteiger partial charge in [0.1, 0.15) is 0 Å². The van der Waals surface area contributed by atoms with Crippen molar-refractivity contribution in [3.63, 3.8) is 0 Å². The zero-order valence-corrected chi connectivity index (χ0v) is 27.2. The summed E-state index contributed by atoms with van der Waals surface area (Å²) < 4.78 is 32.2. The third-order valence-electron chi connectivity index (χ3n) is 7.29. The third-order valence-corrected chi connectivity index (χ3v) is 8.07. The number of carbonyl (C=O) groups excluding carboxylic acids is 1. The predicted molar refractivity (Wildman–Crippen MR) is 175 cm³/mol. The monoisotopic (exact) mass is 597 g/mol. The number of allylic oxidation sites excluding steroid dienone is 5. The topological polar surface area (TPSA) is 104 Å². The van der Waals surface area contributed by atoms with E-state index in [0.717, 1.165) is 44.9 Å². The summed E-state index contributed by atoms with van der Waals surface area (Å²) in [5.74, 6) is -1.01. The second-order valence-corrected chi connectivity index (χ2v) is 12.9. The normalized spacial score (nSPS) is 14.0. The van der Waals surface area contributed by atoms with Crippen molar-refractivity contribution >= 4 is 16.0 Å². The Labute approximate surface area is 253 Å². The maximum atomic E-state index is 12.4. The molecule has 0 aliphatic rings. The van der Waals surface area contributed by atoms with Crippen LogP contribution in [0.4, 0.5) is 0 Å². The summed E-state index contributed by atoms with van der Waals surface area (Å²) in [7, 11) is -4.34. The van der Waals surface area contributed by atoms with Gasteiger partial charge in [0.05, 0.1) is 17.9 Å². The van der Waals surface area contributed by atoms with Crippen molar-refractivity contribution in [2.75, 3.05) is 5.75 Å². The fraction of sp³-hybridized carbons (Fsp3) is 0.794. The first-order chi connectivity index (χ1) is 19.8. The van der Waals surface area contributed by atoms with Gasteiger partial charge in [0, 0.05) is 6.42 Å². The van der Waals surface area contributed by atoms with Gasteiger partial charge in [-0.25, -0.2) is 0 Å². The van der Waals surface area contributed by atoms with E-state index in [1.165, 1.54) is 89.5 Å². The summed E-state index contributed by atoms with van der Waals surface area (Å²) in [5.41, 5.74) is 0. The standard InChI is InChI=1S/C34H63NO5S/c1-3-5-7-9-11-13-14-15-16-17-18-19-20-22-24-26-28-30-34(37)35-32(31-41(38,39)40)33(36)29-27-25-23-21-12-10-8-6-4-2/h12,15-16,21,27,29,32-33,36H,3-11,13-14,17-20,22-26,28,30-31H2,1-2H3,(H,35,37)(H,38,39,40)/b16-15-,21-12+,29-27+. The van der Waals surface area contributed by atoms with Crippen molar-refractivity contribution < 1.29 is 22.9 Å². The van der Waals surface area contributed by atoms with Crippen molar-refractivity contribution in [2.45, 2.75) is 167 Å². The van der Waals surface area contributed by atoms with Crippen LogP contribution >= 0.6 is 0 Å². The molecule has 1 amide bonds. The second kappa shape index (κ2) is 28.7.